The first-order chi connectivity index (χ1) is 15.9. The van der Waals surface area contributed by atoms with Crippen LogP contribution in [0.2, 0.25) is 0 Å². The molecule has 3 aromatic carbocycles. The molecule has 0 heterocycles. The maximum absolute atomic E-state index is 12.6. The summed E-state index contributed by atoms with van der Waals surface area (Å²) in [5.41, 5.74) is -0.123. The smallest absolute Gasteiger partial charge is 0.347 e. The number of carboxylic acid groups (broad SMARTS) is 1. The van der Waals surface area contributed by atoms with Gasteiger partial charge in [-0.2, -0.15) is 0 Å². The summed E-state index contributed by atoms with van der Waals surface area (Å²) in [5, 5.41) is 48.8. The van der Waals surface area contributed by atoms with Crippen LogP contribution >= 0.6 is 0 Å². The van der Waals surface area contributed by atoms with E-state index < -0.39 is 35.2 Å². The van der Waals surface area contributed by atoms with Gasteiger partial charge in [0, 0.05) is 12.1 Å². The number of phenols is 4. The molecule has 0 radical (unpaired) electrons. The Bertz CT molecular complexity index is 1270. The normalized spacial score (nSPS) is 10.6. The Morgan fingerprint density at radius 3 is 1.82 bits per heavy atom. The first kappa shape index (κ1) is 23.9. The van der Waals surface area contributed by atoms with Gasteiger partial charge in [-0.1, -0.05) is 0 Å². The number of carboxylic acids is 1. The van der Waals surface area contributed by atoms with Crippen molar-refractivity contribution >= 4 is 17.9 Å². The van der Waals surface area contributed by atoms with Crippen LogP contribution < -0.4 is 9.47 Å². The second-order valence-electron chi connectivity index (χ2n) is 7.52. The van der Waals surface area contributed by atoms with E-state index in [4.69, 9.17) is 14.6 Å². The number of benzene rings is 3. The van der Waals surface area contributed by atoms with Gasteiger partial charge in [0.25, 0.3) is 0 Å². The molecule has 0 saturated heterocycles. The van der Waals surface area contributed by atoms with Crippen LogP contribution in [0.4, 0.5) is 0 Å². The highest BCUT2D eigenvalue weighted by atomic mass is 16.5. The predicted molar refractivity (Wildman–Crippen MR) is 117 cm³/mol. The largest absolute Gasteiger partial charge is 0.508 e. The van der Waals surface area contributed by atoms with Gasteiger partial charge in [-0.25, -0.2) is 14.4 Å². The molecule has 3 aromatic rings. The molecule has 0 aliphatic heterocycles. The number of ether oxygens (including phenoxy) is 2. The molecule has 0 fully saturated rings. The average molecular weight is 468 g/mol. The molecule has 0 saturated carbocycles. The molecular weight excluding hydrogens is 448 g/mol. The fourth-order valence-corrected chi connectivity index (χ4v) is 3.40. The Balaban J connectivity index is 1.86. The first-order valence-corrected chi connectivity index (χ1v) is 9.76. The van der Waals surface area contributed by atoms with Crippen LogP contribution in [0.3, 0.4) is 0 Å². The summed E-state index contributed by atoms with van der Waals surface area (Å²) in [6.45, 7) is 4.36. The lowest BCUT2D eigenvalue weighted by Gasteiger charge is -2.13. The fraction of sp³-hybridized carbons (Fsp3) is 0.125. The van der Waals surface area contributed by atoms with Crippen molar-refractivity contribution in [2.75, 3.05) is 0 Å². The number of aryl methyl sites for hydroxylation is 3. The zero-order valence-electron chi connectivity index (χ0n) is 18.2. The molecule has 5 N–H and O–H groups in total. The third-order valence-corrected chi connectivity index (χ3v) is 4.90. The summed E-state index contributed by atoms with van der Waals surface area (Å²) >= 11 is 0. The summed E-state index contributed by atoms with van der Waals surface area (Å²) < 4.78 is 10.3. The number of hydrogen-bond acceptors (Lipinski definition) is 9. The second-order valence-corrected chi connectivity index (χ2v) is 7.52. The van der Waals surface area contributed by atoms with Gasteiger partial charge in [-0.15, -0.1) is 0 Å². The number of hydrogen-bond donors (Lipinski definition) is 5. The van der Waals surface area contributed by atoms with Crippen molar-refractivity contribution in [3.63, 3.8) is 0 Å². The van der Waals surface area contributed by atoms with Crippen LogP contribution in [0.1, 0.15) is 47.8 Å². The number of carbonyl (C=O) groups excluding carboxylic acids is 2. The summed E-state index contributed by atoms with van der Waals surface area (Å²) in [6.07, 6.45) is 0. The topological polar surface area (TPSA) is 171 Å². The molecule has 0 bridgehead atoms. The fourth-order valence-electron chi connectivity index (χ4n) is 3.40. The van der Waals surface area contributed by atoms with Crippen LogP contribution in [0.5, 0.6) is 34.5 Å². The first-order valence-electron chi connectivity index (χ1n) is 9.76. The molecule has 0 spiro atoms. The summed E-state index contributed by atoms with van der Waals surface area (Å²) in [7, 11) is 0. The van der Waals surface area contributed by atoms with Crippen molar-refractivity contribution in [2.45, 2.75) is 20.8 Å². The Labute approximate surface area is 192 Å². The van der Waals surface area contributed by atoms with Crippen molar-refractivity contribution in [3.8, 4) is 34.5 Å². The lowest BCUT2D eigenvalue weighted by molar-refractivity contribution is 0.0690. The van der Waals surface area contributed by atoms with E-state index in [1.165, 1.54) is 39.0 Å². The van der Waals surface area contributed by atoms with Crippen molar-refractivity contribution in [2.24, 2.45) is 0 Å². The number of carbonyl (C=O) groups is 3. The third kappa shape index (κ3) is 4.70. The summed E-state index contributed by atoms with van der Waals surface area (Å²) in [5.74, 6) is -5.48. The number of phenolic OH excluding ortho intramolecular Hbond substituents is 3. The van der Waals surface area contributed by atoms with E-state index in [-0.39, 0.29) is 45.1 Å². The number of aromatic carboxylic acids is 1. The Morgan fingerprint density at radius 1 is 0.647 bits per heavy atom. The van der Waals surface area contributed by atoms with E-state index in [2.05, 4.69) is 0 Å². The summed E-state index contributed by atoms with van der Waals surface area (Å²) in [6, 6.07) is 6.73. The summed E-state index contributed by atoms with van der Waals surface area (Å²) in [4.78, 5) is 36.4. The molecule has 0 aliphatic rings. The van der Waals surface area contributed by atoms with Crippen molar-refractivity contribution in [3.05, 3.63) is 69.8 Å². The highest BCUT2D eigenvalue weighted by Gasteiger charge is 2.23. The van der Waals surface area contributed by atoms with Gasteiger partial charge < -0.3 is 35.0 Å². The van der Waals surface area contributed by atoms with E-state index in [9.17, 15) is 34.8 Å². The Morgan fingerprint density at radius 2 is 1.26 bits per heavy atom. The molecule has 3 rings (SSSR count). The minimum Gasteiger partial charge on any atom is -0.508 e. The lowest BCUT2D eigenvalue weighted by atomic mass is 10.0. The molecular formula is C24H20O10. The monoisotopic (exact) mass is 468 g/mol. The van der Waals surface area contributed by atoms with Crippen LogP contribution in [0, 0.1) is 20.8 Å². The third-order valence-electron chi connectivity index (χ3n) is 4.90. The quantitative estimate of drug-likeness (QED) is 0.275. The Hall–Kier alpha value is -4.73. The highest BCUT2D eigenvalue weighted by molar-refractivity contribution is 5.99. The molecule has 176 valence electrons. The molecule has 0 amide bonds. The van der Waals surface area contributed by atoms with Gasteiger partial charge in [0.05, 0.1) is 5.56 Å². The van der Waals surface area contributed by atoms with Crippen LogP contribution in [-0.4, -0.2) is 43.4 Å². The standard InChI is InChI=1S/C24H20O10/c1-10-4-13(23(31)34-21-12(3)5-14(25)8-18(21)28)7-16(26)20(10)24(32)33-15-6-11(2)19(22(29)30)17(27)9-15/h4-9,25-28H,1-3H3,(H,29,30). The number of aromatic hydroxyl groups is 4. The van der Waals surface area contributed by atoms with Crippen molar-refractivity contribution in [1.29, 1.82) is 0 Å². The lowest BCUT2D eigenvalue weighted by Crippen LogP contribution is -2.14. The van der Waals surface area contributed by atoms with Gasteiger partial charge in [-0.3, -0.25) is 0 Å². The SMILES string of the molecule is Cc1cc(O)cc(O)c1OC(=O)c1cc(C)c(C(=O)Oc2cc(C)c(C(=O)O)c(O)c2)c(O)c1. The average Bonchev–Trinajstić information content (AvgIpc) is 2.69. The molecule has 0 atom stereocenters. The van der Waals surface area contributed by atoms with E-state index in [0.717, 1.165) is 18.2 Å². The zero-order chi connectivity index (χ0) is 25.3. The van der Waals surface area contributed by atoms with E-state index >= 15 is 0 Å². The molecule has 0 aliphatic carbocycles. The zero-order valence-corrected chi connectivity index (χ0v) is 18.2. The van der Waals surface area contributed by atoms with Gasteiger partial charge in [-0.05, 0) is 61.7 Å². The Kier molecular flexibility index (Phi) is 6.35. The van der Waals surface area contributed by atoms with E-state index in [1.807, 2.05) is 0 Å². The van der Waals surface area contributed by atoms with Gasteiger partial charge in [0.15, 0.2) is 11.5 Å². The van der Waals surface area contributed by atoms with Crippen molar-refractivity contribution < 1.29 is 49.4 Å². The maximum atomic E-state index is 12.6. The van der Waals surface area contributed by atoms with Gasteiger partial charge >= 0.3 is 17.9 Å². The predicted octanol–water partition coefficient (Wildman–Crippen LogP) is 3.57. The van der Waals surface area contributed by atoms with Crippen molar-refractivity contribution in [1.82, 2.24) is 0 Å². The minimum absolute atomic E-state index is 0.127. The molecule has 0 aromatic heterocycles. The van der Waals surface area contributed by atoms with Crippen LogP contribution in [-0.2, 0) is 0 Å². The van der Waals surface area contributed by atoms with E-state index in [0.29, 0.717) is 5.56 Å². The highest BCUT2D eigenvalue weighted by Crippen LogP contribution is 2.35. The van der Waals surface area contributed by atoms with E-state index in [1.54, 1.807) is 0 Å². The van der Waals surface area contributed by atoms with Crippen LogP contribution in [0.15, 0.2) is 36.4 Å². The van der Waals surface area contributed by atoms with Gasteiger partial charge in [0.1, 0.15) is 34.1 Å². The minimum atomic E-state index is -1.35. The number of rotatable bonds is 5. The maximum Gasteiger partial charge on any atom is 0.347 e. The molecule has 10 heteroatoms. The molecule has 10 nitrogen and oxygen atoms in total. The van der Waals surface area contributed by atoms with Crippen LogP contribution in [0.25, 0.3) is 0 Å². The number of esters is 2. The second kappa shape index (κ2) is 9.02. The molecule has 0 unspecified atom stereocenters. The molecule has 34 heavy (non-hydrogen) atoms. The van der Waals surface area contributed by atoms with Gasteiger partial charge in [0.2, 0.25) is 0 Å².